The summed E-state index contributed by atoms with van der Waals surface area (Å²) < 4.78 is 0. The fraction of sp³-hybridized carbons (Fsp3) is 0.267. The van der Waals surface area contributed by atoms with Gasteiger partial charge in [0.25, 0.3) is 11.5 Å². The van der Waals surface area contributed by atoms with E-state index in [1.54, 1.807) is 0 Å². The van der Waals surface area contributed by atoms with Crippen molar-refractivity contribution in [3.63, 3.8) is 0 Å². The zero-order chi connectivity index (χ0) is 15.2. The number of hydrogen-bond donors (Lipinski definition) is 2. The number of aromatic nitrogens is 2. The molecule has 0 fully saturated rings. The van der Waals surface area contributed by atoms with Crippen molar-refractivity contribution in [2.45, 2.75) is 13.1 Å². The van der Waals surface area contributed by atoms with E-state index in [2.05, 4.69) is 20.4 Å². The van der Waals surface area contributed by atoms with Crippen molar-refractivity contribution in [3.05, 3.63) is 63.6 Å². The van der Waals surface area contributed by atoms with Gasteiger partial charge in [0, 0.05) is 19.2 Å². The van der Waals surface area contributed by atoms with Gasteiger partial charge in [-0.3, -0.25) is 9.59 Å². The summed E-state index contributed by atoms with van der Waals surface area (Å²) in [4.78, 5) is 24.8. The molecule has 2 aromatic rings. The second-order valence-corrected chi connectivity index (χ2v) is 5.04. The standard InChI is InChI=1S/C15H18N4O2/c1-19(2)10-12-5-3-11(4-6-12)9-16-15(21)13-7-8-14(20)18-17-13/h3-8H,9-10H2,1-2H3,(H,16,21)(H,18,20). The smallest absolute Gasteiger partial charge is 0.271 e. The van der Waals surface area contributed by atoms with E-state index < -0.39 is 0 Å². The molecule has 0 radical (unpaired) electrons. The molecule has 1 heterocycles. The first-order valence-electron chi connectivity index (χ1n) is 6.61. The molecule has 1 aromatic carbocycles. The van der Waals surface area contributed by atoms with Crippen LogP contribution in [0, 0.1) is 0 Å². The van der Waals surface area contributed by atoms with Gasteiger partial charge in [-0.15, -0.1) is 0 Å². The summed E-state index contributed by atoms with van der Waals surface area (Å²) in [7, 11) is 4.04. The Balaban J connectivity index is 1.92. The molecule has 0 bridgehead atoms. The number of hydrogen-bond acceptors (Lipinski definition) is 4. The van der Waals surface area contributed by atoms with Crippen LogP contribution < -0.4 is 10.9 Å². The lowest BCUT2D eigenvalue weighted by Crippen LogP contribution is -2.25. The van der Waals surface area contributed by atoms with Crippen LogP contribution >= 0.6 is 0 Å². The van der Waals surface area contributed by atoms with Crippen molar-refractivity contribution in [1.29, 1.82) is 0 Å². The topological polar surface area (TPSA) is 78.1 Å². The van der Waals surface area contributed by atoms with Crippen LogP contribution in [0.5, 0.6) is 0 Å². The number of benzene rings is 1. The van der Waals surface area contributed by atoms with Gasteiger partial charge < -0.3 is 10.2 Å². The van der Waals surface area contributed by atoms with E-state index in [9.17, 15) is 9.59 Å². The molecule has 0 aliphatic rings. The Morgan fingerprint density at radius 2 is 1.81 bits per heavy atom. The highest BCUT2D eigenvalue weighted by Gasteiger charge is 2.06. The van der Waals surface area contributed by atoms with Crippen molar-refractivity contribution in [1.82, 2.24) is 20.4 Å². The minimum absolute atomic E-state index is 0.193. The summed E-state index contributed by atoms with van der Waals surface area (Å²) in [5, 5.41) is 8.68. The fourth-order valence-electron chi connectivity index (χ4n) is 1.87. The van der Waals surface area contributed by atoms with Crippen molar-refractivity contribution in [3.8, 4) is 0 Å². The molecule has 1 amide bonds. The predicted octanol–water partition coefficient (Wildman–Crippen LogP) is 0.761. The SMILES string of the molecule is CN(C)Cc1ccc(CNC(=O)c2ccc(=O)[nH]n2)cc1. The number of carbonyl (C=O) groups is 1. The maximum absolute atomic E-state index is 11.8. The minimum atomic E-state index is -0.331. The molecule has 0 aliphatic heterocycles. The number of carbonyl (C=O) groups excluding carboxylic acids is 1. The van der Waals surface area contributed by atoms with Crippen molar-refractivity contribution < 1.29 is 4.79 Å². The third-order valence-corrected chi connectivity index (χ3v) is 2.89. The number of rotatable bonds is 5. The van der Waals surface area contributed by atoms with E-state index in [0.29, 0.717) is 6.54 Å². The Bertz CT molecular complexity index is 642. The summed E-state index contributed by atoms with van der Waals surface area (Å²) in [5.41, 5.74) is 2.09. The molecule has 1 aromatic heterocycles. The second kappa shape index (κ2) is 6.81. The van der Waals surface area contributed by atoms with Gasteiger partial charge in [-0.2, -0.15) is 5.10 Å². The highest BCUT2D eigenvalue weighted by molar-refractivity contribution is 5.91. The van der Waals surface area contributed by atoms with Gasteiger partial charge in [0.2, 0.25) is 0 Å². The molecule has 0 unspecified atom stereocenters. The Morgan fingerprint density at radius 1 is 1.14 bits per heavy atom. The van der Waals surface area contributed by atoms with Crippen LogP contribution in [0.25, 0.3) is 0 Å². The first-order valence-corrected chi connectivity index (χ1v) is 6.61. The van der Waals surface area contributed by atoms with E-state index in [4.69, 9.17) is 0 Å². The average molecular weight is 286 g/mol. The lowest BCUT2D eigenvalue weighted by atomic mass is 10.1. The van der Waals surface area contributed by atoms with Gasteiger partial charge in [0.1, 0.15) is 5.69 Å². The highest BCUT2D eigenvalue weighted by Crippen LogP contribution is 2.06. The largest absolute Gasteiger partial charge is 0.347 e. The summed E-state index contributed by atoms with van der Waals surface area (Å²) in [6.45, 7) is 1.30. The monoisotopic (exact) mass is 286 g/mol. The molecule has 0 spiro atoms. The molecule has 2 rings (SSSR count). The van der Waals surface area contributed by atoms with Gasteiger partial charge in [0.15, 0.2) is 0 Å². The molecule has 0 saturated carbocycles. The van der Waals surface area contributed by atoms with Gasteiger partial charge in [-0.1, -0.05) is 24.3 Å². The van der Waals surface area contributed by atoms with Crippen LogP contribution in [0.2, 0.25) is 0 Å². The minimum Gasteiger partial charge on any atom is -0.347 e. The number of nitrogens with one attached hydrogen (secondary N) is 2. The van der Waals surface area contributed by atoms with E-state index in [1.165, 1.54) is 17.7 Å². The summed E-state index contributed by atoms with van der Waals surface area (Å²) in [6.07, 6.45) is 0. The Morgan fingerprint density at radius 3 is 2.38 bits per heavy atom. The molecule has 0 saturated heterocycles. The quantitative estimate of drug-likeness (QED) is 0.850. The van der Waals surface area contributed by atoms with Crippen LogP contribution in [0.3, 0.4) is 0 Å². The van der Waals surface area contributed by atoms with Gasteiger partial charge >= 0.3 is 0 Å². The normalized spacial score (nSPS) is 10.6. The van der Waals surface area contributed by atoms with Crippen molar-refractivity contribution in [2.24, 2.45) is 0 Å². The number of nitrogens with zero attached hydrogens (tertiary/aromatic N) is 2. The summed E-state index contributed by atoms with van der Waals surface area (Å²) in [5.74, 6) is -0.316. The van der Waals surface area contributed by atoms with Crippen LogP contribution in [-0.4, -0.2) is 35.1 Å². The maximum atomic E-state index is 11.8. The lowest BCUT2D eigenvalue weighted by molar-refractivity contribution is 0.0945. The molecule has 21 heavy (non-hydrogen) atoms. The molecular formula is C15H18N4O2. The zero-order valence-corrected chi connectivity index (χ0v) is 12.1. The van der Waals surface area contributed by atoms with Crippen LogP contribution in [0.4, 0.5) is 0 Å². The van der Waals surface area contributed by atoms with Crippen LogP contribution in [-0.2, 0) is 13.1 Å². The van der Waals surface area contributed by atoms with Crippen LogP contribution in [0.1, 0.15) is 21.6 Å². The first-order chi connectivity index (χ1) is 10.0. The lowest BCUT2D eigenvalue weighted by Gasteiger charge is -2.10. The second-order valence-electron chi connectivity index (χ2n) is 5.04. The third kappa shape index (κ3) is 4.54. The molecule has 110 valence electrons. The molecule has 6 nitrogen and oxygen atoms in total. The zero-order valence-electron chi connectivity index (χ0n) is 12.1. The fourth-order valence-corrected chi connectivity index (χ4v) is 1.87. The predicted molar refractivity (Wildman–Crippen MR) is 79.9 cm³/mol. The van der Waals surface area contributed by atoms with Gasteiger partial charge in [0.05, 0.1) is 0 Å². The van der Waals surface area contributed by atoms with E-state index in [-0.39, 0.29) is 17.2 Å². The van der Waals surface area contributed by atoms with Gasteiger partial charge in [-0.05, 0) is 31.3 Å². The molecule has 0 atom stereocenters. The number of amides is 1. The highest BCUT2D eigenvalue weighted by atomic mass is 16.2. The van der Waals surface area contributed by atoms with Crippen LogP contribution in [0.15, 0.2) is 41.2 Å². The van der Waals surface area contributed by atoms with E-state index >= 15 is 0 Å². The Kier molecular flexibility index (Phi) is 4.84. The van der Waals surface area contributed by atoms with E-state index in [1.807, 2.05) is 38.4 Å². The molecule has 2 N–H and O–H groups in total. The Labute approximate surface area is 122 Å². The van der Waals surface area contributed by atoms with Gasteiger partial charge in [-0.25, -0.2) is 5.10 Å². The van der Waals surface area contributed by atoms with Crippen molar-refractivity contribution >= 4 is 5.91 Å². The van der Waals surface area contributed by atoms with Crippen molar-refractivity contribution in [2.75, 3.05) is 14.1 Å². The number of aromatic amines is 1. The summed E-state index contributed by atoms with van der Waals surface area (Å²) >= 11 is 0. The maximum Gasteiger partial charge on any atom is 0.271 e. The third-order valence-electron chi connectivity index (χ3n) is 2.89. The molecule has 0 aliphatic carbocycles. The molecular weight excluding hydrogens is 268 g/mol. The average Bonchev–Trinajstić information content (AvgIpc) is 2.46. The Hall–Kier alpha value is -2.47. The summed E-state index contributed by atoms with van der Waals surface area (Å²) in [6, 6.07) is 10.7. The molecule has 6 heteroatoms. The van der Waals surface area contributed by atoms with E-state index in [0.717, 1.165) is 12.1 Å². The number of H-pyrrole nitrogens is 1. The first kappa shape index (κ1) is 14.9.